The number of hydrogen-bond donors (Lipinski definition) is 2. The number of hydrogen-bond acceptors (Lipinski definition) is 5. The Morgan fingerprint density at radius 2 is 2.26 bits per heavy atom. The molecule has 1 aromatic carbocycles. The summed E-state index contributed by atoms with van der Waals surface area (Å²) in [4.78, 5) is 14.5. The van der Waals surface area contributed by atoms with Crippen LogP contribution in [0.5, 0.6) is 0 Å². The van der Waals surface area contributed by atoms with Gasteiger partial charge in [-0.05, 0) is 30.9 Å². The zero-order valence-corrected chi connectivity index (χ0v) is 12.8. The Balaban J connectivity index is 1.76. The van der Waals surface area contributed by atoms with E-state index in [0.29, 0.717) is 12.8 Å². The van der Waals surface area contributed by atoms with Gasteiger partial charge in [-0.1, -0.05) is 35.4 Å². The van der Waals surface area contributed by atoms with Gasteiger partial charge in [0.1, 0.15) is 6.61 Å². The molecule has 1 aromatic rings. The standard InChI is InChI=1S/C15H20N4O4/c1-10(13-8-7-12(18-19-16)14(20)23-13)17-15(21)22-9-11-5-3-2-4-6-11/h2-6,10,12-14,20H,7-9H2,1H3,(H,17,21)/t10?,12?,13-,14?/m0/s1. The number of carbonyl (C=O) groups is 1. The van der Waals surface area contributed by atoms with Crippen LogP contribution in [0.4, 0.5) is 4.79 Å². The molecule has 2 N–H and O–H groups in total. The van der Waals surface area contributed by atoms with Crippen molar-refractivity contribution in [3.8, 4) is 0 Å². The number of ether oxygens (including phenoxy) is 2. The Bertz CT molecular complexity index is 562. The van der Waals surface area contributed by atoms with E-state index in [-0.39, 0.29) is 18.8 Å². The van der Waals surface area contributed by atoms with Crippen molar-refractivity contribution in [2.75, 3.05) is 0 Å². The minimum Gasteiger partial charge on any atom is -0.445 e. The van der Waals surface area contributed by atoms with E-state index in [0.717, 1.165) is 5.56 Å². The van der Waals surface area contributed by atoms with Crippen LogP contribution < -0.4 is 5.32 Å². The predicted molar refractivity (Wildman–Crippen MR) is 82.3 cm³/mol. The molecule has 4 atom stereocenters. The molecule has 0 bridgehead atoms. The zero-order chi connectivity index (χ0) is 16.7. The number of aliphatic hydroxyl groups is 1. The summed E-state index contributed by atoms with van der Waals surface area (Å²) in [5.74, 6) is 0. The maximum absolute atomic E-state index is 11.8. The van der Waals surface area contributed by atoms with Crippen LogP contribution in [-0.4, -0.2) is 35.7 Å². The first-order valence-electron chi connectivity index (χ1n) is 7.45. The van der Waals surface area contributed by atoms with E-state index in [9.17, 15) is 9.90 Å². The Morgan fingerprint density at radius 1 is 1.52 bits per heavy atom. The van der Waals surface area contributed by atoms with Crippen molar-refractivity contribution >= 4 is 6.09 Å². The molecule has 1 aliphatic rings. The number of amides is 1. The average Bonchev–Trinajstić information content (AvgIpc) is 2.56. The molecule has 124 valence electrons. The first kappa shape index (κ1) is 17.1. The summed E-state index contributed by atoms with van der Waals surface area (Å²) in [6, 6.07) is 8.45. The molecule has 3 unspecified atom stereocenters. The van der Waals surface area contributed by atoms with Gasteiger partial charge in [0.15, 0.2) is 6.29 Å². The highest BCUT2D eigenvalue weighted by Gasteiger charge is 2.32. The normalized spacial score (nSPS) is 25.0. The van der Waals surface area contributed by atoms with Crippen LogP contribution in [0.25, 0.3) is 10.4 Å². The highest BCUT2D eigenvalue weighted by Crippen LogP contribution is 2.23. The predicted octanol–water partition coefficient (Wildman–Crippen LogP) is 2.48. The third-order valence-corrected chi connectivity index (χ3v) is 3.71. The second-order valence-electron chi connectivity index (χ2n) is 5.41. The third-order valence-electron chi connectivity index (χ3n) is 3.71. The highest BCUT2D eigenvalue weighted by atomic mass is 16.6. The Kier molecular flexibility index (Phi) is 6.22. The lowest BCUT2D eigenvalue weighted by atomic mass is 10.00. The van der Waals surface area contributed by atoms with Gasteiger partial charge in [-0.2, -0.15) is 0 Å². The molecular formula is C15H20N4O4. The van der Waals surface area contributed by atoms with Gasteiger partial charge in [-0.15, -0.1) is 0 Å². The molecule has 1 amide bonds. The molecule has 0 aliphatic carbocycles. The van der Waals surface area contributed by atoms with Gasteiger partial charge < -0.3 is 19.9 Å². The van der Waals surface area contributed by atoms with Crippen molar-refractivity contribution in [1.29, 1.82) is 0 Å². The number of rotatable bonds is 5. The first-order chi connectivity index (χ1) is 11.1. The summed E-state index contributed by atoms with van der Waals surface area (Å²) in [6.45, 7) is 1.96. The van der Waals surface area contributed by atoms with E-state index in [4.69, 9.17) is 15.0 Å². The molecule has 1 fully saturated rings. The van der Waals surface area contributed by atoms with Crippen LogP contribution in [0.1, 0.15) is 25.3 Å². The second-order valence-corrected chi connectivity index (χ2v) is 5.41. The monoisotopic (exact) mass is 320 g/mol. The Morgan fingerprint density at radius 3 is 2.91 bits per heavy atom. The molecule has 2 rings (SSSR count). The zero-order valence-electron chi connectivity index (χ0n) is 12.8. The minimum absolute atomic E-state index is 0.187. The topological polar surface area (TPSA) is 117 Å². The lowest BCUT2D eigenvalue weighted by molar-refractivity contribution is -0.178. The lowest BCUT2D eigenvalue weighted by Gasteiger charge is -2.34. The van der Waals surface area contributed by atoms with Crippen molar-refractivity contribution in [3.05, 3.63) is 46.3 Å². The molecule has 23 heavy (non-hydrogen) atoms. The van der Waals surface area contributed by atoms with E-state index in [1.165, 1.54) is 0 Å². The Labute approximate surface area is 134 Å². The van der Waals surface area contributed by atoms with Gasteiger partial charge in [0.05, 0.1) is 18.2 Å². The van der Waals surface area contributed by atoms with Gasteiger partial charge >= 0.3 is 6.09 Å². The van der Waals surface area contributed by atoms with Crippen molar-refractivity contribution in [2.24, 2.45) is 5.11 Å². The average molecular weight is 320 g/mol. The van der Waals surface area contributed by atoms with E-state index >= 15 is 0 Å². The van der Waals surface area contributed by atoms with E-state index in [1.54, 1.807) is 6.92 Å². The fourth-order valence-electron chi connectivity index (χ4n) is 2.41. The number of nitrogens with one attached hydrogen (secondary N) is 1. The van der Waals surface area contributed by atoms with Crippen LogP contribution >= 0.6 is 0 Å². The molecule has 0 spiro atoms. The summed E-state index contributed by atoms with van der Waals surface area (Å²) < 4.78 is 10.5. The Hall–Kier alpha value is -2.28. The lowest BCUT2D eigenvalue weighted by Crippen LogP contribution is -2.48. The fraction of sp³-hybridized carbons (Fsp3) is 0.533. The van der Waals surface area contributed by atoms with Gasteiger partial charge in [0.2, 0.25) is 0 Å². The van der Waals surface area contributed by atoms with E-state index in [2.05, 4.69) is 15.3 Å². The fourth-order valence-corrected chi connectivity index (χ4v) is 2.41. The SMILES string of the molecule is CC(NC(=O)OCc1ccccc1)[C@@H]1CCC(N=[N+]=[N-])C(O)O1. The summed E-state index contributed by atoms with van der Waals surface area (Å²) in [5.41, 5.74) is 9.30. The van der Waals surface area contributed by atoms with Crippen LogP contribution in [0, 0.1) is 0 Å². The highest BCUT2D eigenvalue weighted by molar-refractivity contribution is 5.67. The maximum Gasteiger partial charge on any atom is 0.407 e. The largest absolute Gasteiger partial charge is 0.445 e. The molecule has 0 radical (unpaired) electrons. The van der Waals surface area contributed by atoms with E-state index in [1.807, 2.05) is 30.3 Å². The molecule has 8 nitrogen and oxygen atoms in total. The van der Waals surface area contributed by atoms with Gasteiger partial charge in [0, 0.05) is 4.91 Å². The maximum atomic E-state index is 11.8. The molecule has 8 heteroatoms. The van der Waals surface area contributed by atoms with Crippen molar-refractivity contribution < 1.29 is 19.4 Å². The first-order valence-corrected chi connectivity index (χ1v) is 7.45. The molecule has 1 aliphatic heterocycles. The summed E-state index contributed by atoms with van der Waals surface area (Å²) in [5, 5.41) is 15.9. The van der Waals surface area contributed by atoms with Crippen LogP contribution in [0.2, 0.25) is 0 Å². The van der Waals surface area contributed by atoms with Crippen LogP contribution in [-0.2, 0) is 16.1 Å². The van der Waals surface area contributed by atoms with Crippen molar-refractivity contribution in [1.82, 2.24) is 5.32 Å². The molecular weight excluding hydrogens is 300 g/mol. The van der Waals surface area contributed by atoms with Crippen molar-refractivity contribution in [2.45, 2.75) is 50.8 Å². The molecule has 0 saturated carbocycles. The van der Waals surface area contributed by atoms with Gasteiger partial charge in [0.25, 0.3) is 0 Å². The number of carbonyl (C=O) groups excluding carboxylic acids is 1. The minimum atomic E-state index is -1.16. The number of aliphatic hydroxyl groups excluding tert-OH is 1. The molecule has 1 saturated heterocycles. The number of alkyl carbamates (subject to hydrolysis) is 1. The summed E-state index contributed by atoms with van der Waals surface area (Å²) >= 11 is 0. The number of benzene rings is 1. The third kappa shape index (κ3) is 5.14. The number of azide groups is 1. The van der Waals surface area contributed by atoms with Crippen LogP contribution in [0.15, 0.2) is 35.4 Å². The van der Waals surface area contributed by atoms with Crippen molar-refractivity contribution in [3.63, 3.8) is 0 Å². The molecule has 0 aromatic heterocycles. The van der Waals surface area contributed by atoms with Crippen LogP contribution in [0.3, 0.4) is 0 Å². The summed E-state index contributed by atoms with van der Waals surface area (Å²) in [6.07, 6.45) is -0.993. The van der Waals surface area contributed by atoms with Gasteiger partial charge in [-0.25, -0.2) is 4.79 Å². The van der Waals surface area contributed by atoms with Gasteiger partial charge in [-0.3, -0.25) is 0 Å². The number of nitrogens with zero attached hydrogens (tertiary/aromatic N) is 3. The second kappa shape index (κ2) is 8.38. The quantitative estimate of drug-likeness (QED) is 0.492. The molecule has 1 heterocycles. The summed E-state index contributed by atoms with van der Waals surface area (Å²) in [7, 11) is 0. The smallest absolute Gasteiger partial charge is 0.407 e. The van der Waals surface area contributed by atoms with E-state index < -0.39 is 18.4 Å².